The van der Waals surface area contributed by atoms with Gasteiger partial charge in [-0.05, 0) is 47.7 Å². The normalized spacial score (nSPS) is 17.7. The first-order chi connectivity index (χ1) is 12.8. The summed E-state index contributed by atoms with van der Waals surface area (Å²) in [5, 5.41) is 0.848. The Morgan fingerprint density at radius 3 is 2.50 bits per heavy atom. The summed E-state index contributed by atoms with van der Waals surface area (Å²) < 4.78 is 2.39. The minimum absolute atomic E-state index is 0.186. The van der Waals surface area contributed by atoms with Crippen molar-refractivity contribution in [1.29, 1.82) is 0 Å². The highest BCUT2D eigenvalue weighted by Gasteiger charge is 2.29. The van der Waals surface area contributed by atoms with Crippen LogP contribution in [0, 0.1) is 0 Å². The molecular formula is C23H25ClN2. The maximum atomic E-state index is 6.64. The van der Waals surface area contributed by atoms with E-state index < -0.39 is 0 Å². The van der Waals surface area contributed by atoms with Gasteiger partial charge in [0.2, 0.25) is 0 Å². The van der Waals surface area contributed by atoms with Gasteiger partial charge in [-0.25, -0.2) is 0 Å². The Balaban J connectivity index is 1.78. The smallest absolute Gasteiger partial charge is 0.0773 e. The van der Waals surface area contributed by atoms with Gasteiger partial charge in [-0.3, -0.25) is 4.90 Å². The maximum Gasteiger partial charge on any atom is 0.0773 e. The molecule has 1 atom stereocenters. The predicted octanol–water partition coefficient (Wildman–Crippen LogP) is 5.70. The number of hydrogen-bond donors (Lipinski definition) is 0. The number of nitrogens with zero attached hydrogens (tertiary/aromatic N) is 2. The van der Waals surface area contributed by atoms with E-state index in [4.69, 9.17) is 11.6 Å². The lowest BCUT2D eigenvalue weighted by Gasteiger charge is -2.31. The van der Waals surface area contributed by atoms with Gasteiger partial charge in [0.25, 0.3) is 0 Å². The zero-order chi connectivity index (χ0) is 17.9. The van der Waals surface area contributed by atoms with Crippen molar-refractivity contribution >= 4 is 11.6 Å². The highest BCUT2D eigenvalue weighted by atomic mass is 35.5. The molecule has 0 N–H and O–H groups in total. The van der Waals surface area contributed by atoms with Gasteiger partial charge in [-0.2, -0.15) is 0 Å². The van der Waals surface area contributed by atoms with Crippen molar-refractivity contribution in [2.75, 3.05) is 6.54 Å². The average molecular weight is 365 g/mol. The van der Waals surface area contributed by atoms with E-state index in [-0.39, 0.29) is 6.04 Å². The molecule has 0 saturated carbocycles. The Morgan fingerprint density at radius 1 is 0.923 bits per heavy atom. The number of hydrogen-bond acceptors (Lipinski definition) is 1. The Kier molecular flexibility index (Phi) is 5.14. The summed E-state index contributed by atoms with van der Waals surface area (Å²) in [6.07, 6.45) is 4.41. The molecule has 1 unspecified atom stereocenters. The molecule has 3 heteroatoms. The van der Waals surface area contributed by atoms with Crippen LogP contribution in [0.1, 0.15) is 41.8 Å². The molecule has 2 aromatic carbocycles. The van der Waals surface area contributed by atoms with Crippen LogP contribution < -0.4 is 0 Å². The second kappa shape index (κ2) is 7.69. The highest BCUT2D eigenvalue weighted by molar-refractivity contribution is 6.31. The third kappa shape index (κ3) is 3.32. The summed E-state index contributed by atoms with van der Waals surface area (Å²) in [4.78, 5) is 2.59. The lowest BCUT2D eigenvalue weighted by Crippen LogP contribution is -2.30. The fourth-order valence-corrected chi connectivity index (χ4v) is 4.38. The molecule has 0 spiro atoms. The summed E-state index contributed by atoms with van der Waals surface area (Å²) in [5.41, 5.74) is 5.40. The molecule has 0 saturated heterocycles. The molecule has 1 aliphatic heterocycles. The second-order valence-electron chi connectivity index (χ2n) is 7.00. The van der Waals surface area contributed by atoms with E-state index in [0.29, 0.717) is 0 Å². The van der Waals surface area contributed by atoms with Crippen molar-refractivity contribution < 1.29 is 0 Å². The fraction of sp³-hybridized carbons (Fsp3) is 0.304. The summed E-state index contributed by atoms with van der Waals surface area (Å²) in [7, 11) is 0. The molecule has 0 aliphatic carbocycles. The van der Waals surface area contributed by atoms with E-state index in [2.05, 4.69) is 71.1 Å². The van der Waals surface area contributed by atoms with Crippen LogP contribution in [0.25, 0.3) is 0 Å². The lowest BCUT2D eigenvalue weighted by atomic mass is 9.99. The van der Waals surface area contributed by atoms with Crippen LogP contribution in [-0.4, -0.2) is 16.0 Å². The number of aryl methyl sites for hydroxylation is 2. The molecule has 0 radical (unpaired) electrons. The van der Waals surface area contributed by atoms with Gasteiger partial charge in [-0.15, -0.1) is 0 Å². The molecule has 4 rings (SSSR count). The number of rotatable bonds is 4. The number of fused-ring (bicyclic) bond motifs is 1. The minimum Gasteiger partial charge on any atom is -0.350 e. The minimum atomic E-state index is 0.186. The van der Waals surface area contributed by atoms with Gasteiger partial charge < -0.3 is 4.57 Å². The molecule has 134 valence electrons. The van der Waals surface area contributed by atoms with Crippen molar-refractivity contribution in [2.45, 2.75) is 38.9 Å². The van der Waals surface area contributed by atoms with Crippen LogP contribution in [0.15, 0.2) is 66.9 Å². The molecule has 0 amide bonds. The third-order valence-electron chi connectivity index (χ3n) is 5.43. The van der Waals surface area contributed by atoms with Crippen molar-refractivity contribution in [3.8, 4) is 0 Å². The lowest BCUT2D eigenvalue weighted by molar-refractivity contribution is 0.220. The van der Waals surface area contributed by atoms with E-state index in [1.807, 2.05) is 12.1 Å². The van der Waals surface area contributed by atoms with Gasteiger partial charge in [0, 0.05) is 36.5 Å². The van der Waals surface area contributed by atoms with Crippen molar-refractivity contribution in [1.82, 2.24) is 9.47 Å². The summed E-state index contributed by atoms with van der Waals surface area (Å²) >= 11 is 6.64. The van der Waals surface area contributed by atoms with Crippen molar-refractivity contribution in [2.24, 2.45) is 0 Å². The Bertz CT molecular complexity index is 883. The second-order valence-corrected chi connectivity index (χ2v) is 7.40. The van der Waals surface area contributed by atoms with E-state index >= 15 is 0 Å². The molecule has 26 heavy (non-hydrogen) atoms. The van der Waals surface area contributed by atoms with Crippen molar-refractivity contribution in [3.05, 3.63) is 94.3 Å². The van der Waals surface area contributed by atoms with Gasteiger partial charge in [0.1, 0.15) is 0 Å². The fourth-order valence-electron chi connectivity index (χ4n) is 4.14. The van der Waals surface area contributed by atoms with E-state index in [1.165, 1.54) is 22.4 Å². The SMILES string of the molecule is CCc1ccccc1CN1CCCn2cccc2C1c1ccccc1Cl. The van der Waals surface area contributed by atoms with Crippen LogP contribution in [0.4, 0.5) is 0 Å². The average Bonchev–Trinajstić information content (AvgIpc) is 3.05. The molecular weight excluding hydrogens is 340 g/mol. The van der Waals surface area contributed by atoms with E-state index in [0.717, 1.165) is 37.5 Å². The zero-order valence-corrected chi connectivity index (χ0v) is 16.0. The van der Waals surface area contributed by atoms with E-state index in [1.54, 1.807) is 0 Å². The molecule has 3 aromatic rings. The predicted molar refractivity (Wildman–Crippen MR) is 109 cm³/mol. The number of halogens is 1. The maximum absolute atomic E-state index is 6.64. The van der Waals surface area contributed by atoms with Crippen LogP contribution in [-0.2, 0) is 19.5 Å². The topological polar surface area (TPSA) is 8.17 Å². The summed E-state index contributed by atoms with van der Waals surface area (Å²) in [5.74, 6) is 0. The first-order valence-corrected chi connectivity index (χ1v) is 9.86. The Hall–Kier alpha value is -2.03. The number of benzene rings is 2. The molecule has 1 aromatic heterocycles. The van der Waals surface area contributed by atoms with E-state index in [9.17, 15) is 0 Å². The molecule has 1 aliphatic rings. The van der Waals surface area contributed by atoms with Gasteiger partial charge in [0.05, 0.1) is 6.04 Å². The first kappa shape index (κ1) is 17.4. The largest absolute Gasteiger partial charge is 0.350 e. The molecule has 0 fully saturated rings. The Morgan fingerprint density at radius 2 is 1.69 bits per heavy atom. The van der Waals surface area contributed by atoms with Crippen LogP contribution in [0.5, 0.6) is 0 Å². The summed E-state index contributed by atoms with van der Waals surface area (Å²) in [6.45, 7) is 5.31. The third-order valence-corrected chi connectivity index (χ3v) is 5.77. The quantitative estimate of drug-likeness (QED) is 0.576. The Labute approximate surface area is 161 Å². The van der Waals surface area contributed by atoms with Crippen LogP contribution >= 0.6 is 11.6 Å². The molecule has 0 bridgehead atoms. The van der Waals surface area contributed by atoms with Crippen LogP contribution in [0.3, 0.4) is 0 Å². The van der Waals surface area contributed by atoms with Gasteiger partial charge in [-0.1, -0.05) is 61.0 Å². The van der Waals surface area contributed by atoms with Crippen molar-refractivity contribution in [3.63, 3.8) is 0 Å². The first-order valence-electron chi connectivity index (χ1n) is 9.48. The van der Waals surface area contributed by atoms with Gasteiger partial charge in [0.15, 0.2) is 0 Å². The molecule has 2 heterocycles. The van der Waals surface area contributed by atoms with Crippen LogP contribution in [0.2, 0.25) is 5.02 Å². The zero-order valence-electron chi connectivity index (χ0n) is 15.2. The summed E-state index contributed by atoms with van der Waals surface area (Å²) in [6, 6.07) is 21.7. The monoisotopic (exact) mass is 364 g/mol. The standard InChI is InChI=1S/C23H25ClN2/c1-2-18-9-3-4-10-19(18)17-26-16-8-15-25-14-7-13-22(25)23(26)20-11-5-6-12-21(20)24/h3-7,9-14,23H,2,8,15-17H2,1H3. The highest BCUT2D eigenvalue weighted by Crippen LogP contribution is 2.36. The number of aromatic nitrogens is 1. The molecule has 2 nitrogen and oxygen atoms in total. The van der Waals surface area contributed by atoms with Gasteiger partial charge >= 0.3 is 0 Å².